The molecule has 0 atom stereocenters. The zero-order chi connectivity index (χ0) is 20.3. The number of carbonyl (C=O) groups excluding carboxylic acids is 1. The van der Waals surface area contributed by atoms with Crippen LogP contribution >= 0.6 is 0 Å². The lowest BCUT2D eigenvalue weighted by Crippen LogP contribution is -2.13. The van der Waals surface area contributed by atoms with Gasteiger partial charge < -0.3 is 5.32 Å². The van der Waals surface area contributed by atoms with Crippen LogP contribution in [-0.4, -0.2) is 19.3 Å². The van der Waals surface area contributed by atoms with Gasteiger partial charge in [0, 0.05) is 10.9 Å². The van der Waals surface area contributed by atoms with Crippen LogP contribution in [0.2, 0.25) is 0 Å². The Labute approximate surface area is 169 Å². The Morgan fingerprint density at radius 3 is 2.24 bits per heavy atom. The summed E-state index contributed by atoms with van der Waals surface area (Å²) in [6, 6.07) is 26.2. The number of amides is 1. The van der Waals surface area contributed by atoms with Crippen molar-refractivity contribution in [3.8, 4) is 0 Å². The number of hydrogen-bond donors (Lipinski definition) is 1. The number of para-hydroxylation sites is 1. The second-order valence-corrected chi connectivity index (χ2v) is 8.60. The van der Waals surface area contributed by atoms with Crippen molar-refractivity contribution in [3.05, 3.63) is 102 Å². The van der Waals surface area contributed by atoms with Crippen LogP contribution in [0.15, 0.2) is 95.9 Å². The summed E-state index contributed by atoms with van der Waals surface area (Å²) >= 11 is 0. The number of benzene rings is 3. The molecular weight excluding hydrogens is 384 g/mol. The first-order chi connectivity index (χ1) is 14.0. The summed E-state index contributed by atoms with van der Waals surface area (Å²) < 4.78 is 25.0. The summed E-state index contributed by atoms with van der Waals surface area (Å²) in [4.78, 5) is 17.2. The molecule has 4 aromatic rings. The van der Waals surface area contributed by atoms with Gasteiger partial charge >= 0.3 is 0 Å². The largest absolute Gasteiger partial charge is 0.307 e. The number of fused-ring (bicyclic) bond motifs is 1. The second-order valence-electron chi connectivity index (χ2n) is 6.61. The van der Waals surface area contributed by atoms with E-state index in [-0.39, 0.29) is 16.6 Å². The van der Waals surface area contributed by atoms with Crippen LogP contribution in [0.3, 0.4) is 0 Å². The Hall–Kier alpha value is -3.51. The Morgan fingerprint density at radius 2 is 1.48 bits per heavy atom. The highest BCUT2D eigenvalue weighted by Gasteiger charge is 2.15. The van der Waals surface area contributed by atoms with Crippen LogP contribution < -0.4 is 5.32 Å². The quantitative estimate of drug-likeness (QED) is 0.535. The fourth-order valence-electron chi connectivity index (χ4n) is 3.01. The molecule has 0 bridgehead atoms. The van der Waals surface area contributed by atoms with Gasteiger partial charge in [0.25, 0.3) is 5.91 Å². The highest BCUT2D eigenvalue weighted by Crippen LogP contribution is 2.18. The van der Waals surface area contributed by atoms with Crippen LogP contribution in [0.4, 0.5) is 5.82 Å². The monoisotopic (exact) mass is 402 g/mol. The molecule has 1 aromatic heterocycles. The predicted octanol–water partition coefficient (Wildman–Crippen LogP) is 4.46. The third kappa shape index (κ3) is 4.33. The number of carbonyl (C=O) groups is 1. The molecule has 0 spiro atoms. The summed E-state index contributed by atoms with van der Waals surface area (Å²) in [7, 11) is -3.43. The molecule has 1 amide bonds. The van der Waals surface area contributed by atoms with E-state index in [1.54, 1.807) is 60.7 Å². The summed E-state index contributed by atoms with van der Waals surface area (Å²) in [5.74, 6) is 0.0418. The number of sulfone groups is 1. The topological polar surface area (TPSA) is 76.1 Å². The molecule has 0 radical (unpaired) electrons. The maximum absolute atomic E-state index is 12.5. The molecule has 0 aliphatic heterocycles. The molecular formula is C23H18N2O3S. The Morgan fingerprint density at radius 1 is 0.793 bits per heavy atom. The summed E-state index contributed by atoms with van der Waals surface area (Å²) in [6.07, 6.45) is 0. The zero-order valence-corrected chi connectivity index (χ0v) is 16.3. The smallest absolute Gasteiger partial charge is 0.256 e. The van der Waals surface area contributed by atoms with Crippen LogP contribution in [0.25, 0.3) is 10.9 Å². The average Bonchev–Trinajstić information content (AvgIpc) is 2.74. The highest BCUT2D eigenvalue weighted by molar-refractivity contribution is 7.90. The van der Waals surface area contributed by atoms with E-state index < -0.39 is 9.84 Å². The number of nitrogens with one attached hydrogen (secondary N) is 1. The van der Waals surface area contributed by atoms with E-state index in [1.165, 1.54) is 0 Å². The van der Waals surface area contributed by atoms with E-state index in [2.05, 4.69) is 10.3 Å². The third-order valence-electron chi connectivity index (χ3n) is 4.52. The lowest BCUT2D eigenvalue weighted by atomic mass is 10.1. The lowest BCUT2D eigenvalue weighted by Gasteiger charge is -2.08. The molecule has 4 rings (SSSR count). The van der Waals surface area contributed by atoms with Crippen LogP contribution in [0, 0.1) is 0 Å². The molecule has 144 valence electrons. The standard InChI is InChI=1S/C23H18N2O3S/c26-23(25-22-15-14-18-6-4-5-9-21(18)24-22)19-12-10-17(11-13-19)16-29(27,28)20-7-2-1-3-8-20/h1-15H,16H2,(H,24,25,26). The first-order valence-electron chi connectivity index (χ1n) is 9.05. The maximum atomic E-state index is 12.5. The van der Waals surface area contributed by atoms with Gasteiger partial charge in [-0.3, -0.25) is 4.79 Å². The normalized spacial score (nSPS) is 11.3. The fourth-order valence-corrected chi connectivity index (χ4v) is 4.38. The maximum Gasteiger partial charge on any atom is 0.256 e. The minimum atomic E-state index is -3.43. The second kappa shape index (κ2) is 7.85. The number of pyridine rings is 1. The van der Waals surface area contributed by atoms with Crippen LogP contribution in [0.5, 0.6) is 0 Å². The van der Waals surface area contributed by atoms with Crippen molar-refractivity contribution in [2.75, 3.05) is 5.32 Å². The molecule has 0 aliphatic rings. The Balaban J connectivity index is 1.47. The van der Waals surface area contributed by atoms with Gasteiger partial charge in [0.2, 0.25) is 0 Å². The van der Waals surface area contributed by atoms with E-state index in [0.29, 0.717) is 16.9 Å². The SMILES string of the molecule is O=C(Nc1ccc2ccccc2n1)c1ccc(CS(=O)(=O)c2ccccc2)cc1. The molecule has 0 aliphatic carbocycles. The van der Waals surface area contributed by atoms with Crippen molar-refractivity contribution < 1.29 is 13.2 Å². The van der Waals surface area contributed by atoms with Crippen LogP contribution in [-0.2, 0) is 15.6 Å². The van der Waals surface area contributed by atoms with Crippen molar-refractivity contribution in [1.82, 2.24) is 4.98 Å². The molecule has 0 saturated carbocycles. The van der Waals surface area contributed by atoms with E-state index in [1.807, 2.05) is 30.3 Å². The molecule has 6 heteroatoms. The van der Waals surface area contributed by atoms with Gasteiger partial charge in [-0.15, -0.1) is 0 Å². The van der Waals surface area contributed by atoms with Crippen molar-refractivity contribution in [2.45, 2.75) is 10.6 Å². The van der Waals surface area contributed by atoms with Crippen LogP contribution in [0.1, 0.15) is 15.9 Å². The molecule has 5 nitrogen and oxygen atoms in total. The summed E-state index contributed by atoms with van der Waals surface area (Å²) in [5, 5.41) is 3.77. The van der Waals surface area contributed by atoms with Gasteiger partial charge in [0.05, 0.1) is 16.2 Å². The van der Waals surface area contributed by atoms with Gasteiger partial charge in [0.1, 0.15) is 5.82 Å². The predicted molar refractivity (Wildman–Crippen MR) is 113 cm³/mol. The number of rotatable bonds is 5. The highest BCUT2D eigenvalue weighted by atomic mass is 32.2. The Kier molecular flexibility index (Phi) is 5.10. The van der Waals surface area contributed by atoms with Gasteiger partial charge in [-0.05, 0) is 48.0 Å². The van der Waals surface area contributed by atoms with Gasteiger partial charge in [-0.25, -0.2) is 13.4 Å². The average molecular weight is 402 g/mol. The minimum absolute atomic E-state index is 0.120. The zero-order valence-electron chi connectivity index (χ0n) is 15.4. The van der Waals surface area contributed by atoms with Crippen molar-refractivity contribution in [2.24, 2.45) is 0 Å². The molecule has 1 N–H and O–H groups in total. The molecule has 0 fully saturated rings. The van der Waals surface area contributed by atoms with E-state index in [9.17, 15) is 13.2 Å². The fraction of sp³-hybridized carbons (Fsp3) is 0.0435. The molecule has 1 heterocycles. The van der Waals surface area contributed by atoms with Crippen molar-refractivity contribution >= 4 is 32.5 Å². The van der Waals surface area contributed by atoms with E-state index >= 15 is 0 Å². The molecule has 0 unspecified atom stereocenters. The summed E-state index contributed by atoms with van der Waals surface area (Å²) in [6.45, 7) is 0. The van der Waals surface area contributed by atoms with E-state index in [4.69, 9.17) is 0 Å². The lowest BCUT2D eigenvalue weighted by molar-refractivity contribution is 0.102. The first kappa shape index (κ1) is 18.8. The van der Waals surface area contributed by atoms with Crippen molar-refractivity contribution in [3.63, 3.8) is 0 Å². The molecule has 0 saturated heterocycles. The number of nitrogens with zero attached hydrogens (tertiary/aromatic N) is 1. The first-order valence-corrected chi connectivity index (χ1v) is 10.7. The minimum Gasteiger partial charge on any atom is -0.307 e. The van der Waals surface area contributed by atoms with Gasteiger partial charge in [-0.2, -0.15) is 0 Å². The number of aromatic nitrogens is 1. The number of anilines is 1. The third-order valence-corrected chi connectivity index (χ3v) is 6.22. The van der Waals surface area contributed by atoms with Crippen molar-refractivity contribution in [1.29, 1.82) is 0 Å². The van der Waals surface area contributed by atoms with E-state index in [0.717, 1.165) is 10.9 Å². The molecule has 3 aromatic carbocycles. The Bertz CT molecular complexity index is 1270. The number of hydrogen-bond acceptors (Lipinski definition) is 4. The van der Waals surface area contributed by atoms with Gasteiger partial charge in [0.15, 0.2) is 9.84 Å². The van der Waals surface area contributed by atoms with Gasteiger partial charge in [-0.1, -0.05) is 48.5 Å². The molecule has 29 heavy (non-hydrogen) atoms. The summed E-state index contributed by atoms with van der Waals surface area (Å²) in [5.41, 5.74) is 1.85.